The SMILES string of the molecule is C/C=C\C.C=CCC1=C(C(=O)Nc2ccc(Oc3ccnc4cc(OC)ccc34)c(F)c2)C(=O)N(C)N(C)C1.CC. The second-order valence-corrected chi connectivity index (χ2v) is 8.68. The summed E-state index contributed by atoms with van der Waals surface area (Å²) in [6.07, 6.45) is 7.59. The van der Waals surface area contributed by atoms with Crippen LogP contribution in [-0.2, 0) is 9.59 Å². The van der Waals surface area contributed by atoms with Crippen molar-refractivity contribution in [3.8, 4) is 17.2 Å². The van der Waals surface area contributed by atoms with Crippen LogP contribution in [0.15, 0.2) is 84.6 Å². The number of pyridine rings is 1. The molecule has 0 saturated carbocycles. The largest absolute Gasteiger partial charge is 0.497 e. The van der Waals surface area contributed by atoms with Gasteiger partial charge in [-0.2, -0.15) is 0 Å². The van der Waals surface area contributed by atoms with E-state index in [2.05, 4.69) is 16.9 Å². The molecule has 0 fully saturated rings. The second-order valence-electron chi connectivity index (χ2n) is 8.68. The lowest BCUT2D eigenvalue weighted by atomic mass is 10.0. The highest BCUT2D eigenvalue weighted by molar-refractivity contribution is 6.23. The maximum Gasteiger partial charge on any atom is 0.273 e. The normalized spacial score (nSPS) is 13.3. The molecule has 0 saturated heterocycles. The Kier molecular flexibility index (Phi) is 12.7. The van der Waals surface area contributed by atoms with Gasteiger partial charge in [0.25, 0.3) is 11.8 Å². The smallest absolute Gasteiger partial charge is 0.273 e. The van der Waals surface area contributed by atoms with E-state index in [-0.39, 0.29) is 17.0 Å². The van der Waals surface area contributed by atoms with Crippen molar-refractivity contribution in [1.29, 1.82) is 0 Å². The first-order valence-corrected chi connectivity index (χ1v) is 13.3. The lowest BCUT2D eigenvalue weighted by molar-refractivity contribution is -0.141. The molecule has 8 nitrogen and oxygen atoms in total. The molecular weight excluding hydrogens is 523 g/mol. The predicted molar refractivity (Wildman–Crippen MR) is 162 cm³/mol. The van der Waals surface area contributed by atoms with E-state index in [0.29, 0.717) is 40.9 Å². The van der Waals surface area contributed by atoms with E-state index in [1.807, 2.05) is 39.8 Å². The number of benzene rings is 2. The number of nitrogens with zero attached hydrogens (tertiary/aromatic N) is 3. The molecule has 218 valence electrons. The highest BCUT2D eigenvalue weighted by atomic mass is 19.1. The van der Waals surface area contributed by atoms with Crippen LogP contribution in [0.2, 0.25) is 0 Å². The fourth-order valence-corrected chi connectivity index (χ4v) is 3.82. The number of fused-ring (bicyclic) bond motifs is 1. The van der Waals surface area contributed by atoms with Crippen LogP contribution in [0.5, 0.6) is 17.2 Å². The number of halogens is 1. The second kappa shape index (κ2) is 15.9. The average molecular weight is 563 g/mol. The van der Waals surface area contributed by atoms with Crippen LogP contribution < -0.4 is 14.8 Å². The molecule has 4 rings (SSSR count). The maximum atomic E-state index is 14.9. The van der Waals surface area contributed by atoms with E-state index in [1.54, 1.807) is 62.8 Å². The van der Waals surface area contributed by atoms with Crippen LogP contribution in [-0.4, -0.2) is 54.6 Å². The summed E-state index contributed by atoms with van der Waals surface area (Å²) < 4.78 is 25.9. The van der Waals surface area contributed by atoms with Crippen molar-refractivity contribution in [2.75, 3.05) is 33.1 Å². The molecule has 2 amide bonds. The minimum atomic E-state index is -0.673. The summed E-state index contributed by atoms with van der Waals surface area (Å²) in [4.78, 5) is 30.0. The number of allylic oxidation sites excluding steroid dienone is 3. The number of rotatable bonds is 7. The zero-order chi connectivity index (χ0) is 30.5. The van der Waals surface area contributed by atoms with Crippen LogP contribution in [0.25, 0.3) is 10.9 Å². The van der Waals surface area contributed by atoms with Gasteiger partial charge in [-0.05, 0) is 56.2 Å². The van der Waals surface area contributed by atoms with Gasteiger partial charge < -0.3 is 14.8 Å². The zero-order valence-electron chi connectivity index (χ0n) is 24.8. The van der Waals surface area contributed by atoms with Crippen molar-refractivity contribution in [2.45, 2.75) is 34.1 Å². The van der Waals surface area contributed by atoms with Gasteiger partial charge in [0.05, 0.1) is 12.6 Å². The Morgan fingerprint density at radius 3 is 2.41 bits per heavy atom. The van der Waals surface area contributed by atoms with Gasteiger partial charge in [-0.15, -0.1) is 6.58 Å². The number of hydrogen-bond acceptors (Lipinski definition) is 6. The van der Waals surface area contributed by atoms with Crippen LogP contribution in [0.4, 0.5) is 10.1 Å². The number of likely N-dealkylation sites (N-methyl/N-ethyl adjacent to an activating group) is 2. The molecule has 0 radical (unpaired) electrons. The molecule has 2 aromatic carbocycles. The number of hydrogen-bond donors (Lipinski definition) is 1. The van der Waals surface area contributed by atoms with Crippen molar-refractivity contribution >= 4 is 28.4 Å². The number of ether oxygens (including phenoxy) is 2. The van der Waals surface area contributed by atoms with Gasteiger partial charge in [0.2, 0.25) is 0 Å². The summed E-state index contributed by atoms with van der Waals surface area (Å²) in [5.41, 5.74) is 1.51. The minimum Gasteiger partial charge on any atom is -0.497 e. The highest BCUT2D eigenvalue weighted by Crippen LogP contribution is 2.33. The van der Waals surface area contributed by atoms with Gasteiger partial charge in [0.15, 0.2) is 11.6 Å². The third kappa shape index (κ3) is 8.25. The molecule has 0 spiro atoms. The molecule has 3 aromatic rings. The Morgan fingerprint density at radius 2 is 1.80 bits per heavy atom. The molecule has 9 heteroatoms. The Hall–Kier alpha value is -4.50. The summed E-state index contributed by atoms with van der Waals surface area (Å²) in [5, 5.41) is 6.39. The minimum absolute atomic E-state index is 0.0204. The van der Waals surface area contributed by atoms with E-state index in [4.69, 9.17) is 9.47 Å². The monoisotopic (exact) mass is 562 g/mol. The van der Waals surface area contributed by atoms with E-state index in [0.717, 1.165) is 6.07 Å². The number of carbonyl (C=O) groups excluding carboxylic acids is 2. The third-order valence-electron chi connectivity index (χ3n) is 6.06. The van der Waals surface area contributed by atoms with Gasteiger partial charge in [-0.25, -0.2) is 9.40 Å². The van der Waals surface area contributed by atoms with Gasteiger partial charge in [-0.3, -0.25) is 19.6 Å². The summed E-state index contributed by atoms with van der Waals surface area (Å²) in [5.74, 6) is -0.661. The van der Waals surface area contributed by atoms with Crippen molar-refractivity contribution in [1.82, 2.24) is 15.0 Å². The summed E-state index contributed by atoms with van der Waals surface area (Å²) in [6, 6.07) is 11.0. The first kappa shape index (κ1) is 32.7. The number of nitrogens with one attached hydrogen (secondary N) is 1. The molecule has 1 aliphatic heterocycles. The van der Waals surface area contributed by atoms with Crippen molar-refractivity contribution in [2.24, 2.45) is 0 Å². The van der Waals surface area contributed by atoms with E-state index in [1.165, 1.54) is 17.1 Å². The number of methoxy groups -OCH3 is 1. The number of hydrazine groups is 1. The van der Waals surface area contributed by atoms with Crippen LogP contribution in [0.1, 0.15) is 34.1 Å². The topological polar surface area (TPSA) is 84.0 Å². The van der Waals surface area contributed by atoms with E-state index >= 15 is 0 Å². The molecule has 41 heavy (non-hydrogen) atoms. The average Bonchev–Trinajstić information content (AvgIpc) is 2.98. The lowest BCUT2D eigenvalue weighted by Gasteiger charge is -2.34. The first-order valence-electron chi connectivity index (χ1n) is 13.3. The Labute approximate surface area is 241 Å². The van der Waals surface area contributed by atoms with Gasteiger partial charge in [0.1, 0.15) is 17.1 Å². The summed E-state index contributed by atoms with van der Waals surface area (Å²) in [6.45, 7) is 12.1. The summed E-state index contributed by atoms with van der Waals surface area (Å²) in [7, 11) is 4.91. The molecule has 0 bridgehead atoms. The van der Waals surface area contributed by atoms with Gasteiger partial charge in [0, 0.05) is 50.0 Å². The Morgan fingerprint density at radius 1 is 1.10 bits per heavy atom. The van der Waals surface area contributed by atoms with Crippen LogP contribution in [0.3, 0.4) is 0 Å². The molecule has 0 unspecified atom stereocenters. The van der Waals surface area contributed by atoms with E-state index < -0.39 is 17.6 Å². The standard InChI is InChI=1S/C26H25FN4O4.C4H8.C2H6/c1-5-6-16-15-30(2)31(3)26(33)24(16)25(32)29-17-7-10-23(20(27)13-17)35-22-11-12-28-21-14-18(34-4)8-9-19(21)22;1-3-4-2;1-2/h5,7-14H,1,6,15H2,2-4H3,(H,29,32);3-4H,1-2H3;1-2H3/b;4-3-;. The van der Waals surface area contributed by atoms with Crippen molar-refractivity contribution < 1.29 is 23.5 Å². The fraction of sp³-hybridized carbons (Fsp3) is 0.281. The van der Waals surface area contributed by atoms with Gasteiger partial charge >= 0.3 is 0 Å². The van der Waals surface area contributed by atoms with E-state index in [9.17, 15) is 14.0 Å². The number of amides is 2. The molecule has 1 N–H and O–H groups in total. The molecule has 1 aliphatic rings. The molecule has 1 aromatic heterocycles. The number of carbonyl (C=O) groups is 2. The zero-order valence-corrected chi connectivity index (χ0v) is 24.8. The lowest BCUT2D eigenvalue weighted by Crippen LogP contribution is -2.49. The van der Waals surface area contributed by atoms with Crippen molar-refractivity contribution in [3.05, 3.63) is 90.4 Å². The Balaban J connectivity index is 0.000000902. The maximum absolute atomic E-state index is 14.9. The first-order chi connectivity index (χ1) is 19.7. The van der Waals surface area contributed by atoms with Crippen molar-refractivity contribution in [3.63, 3.8) is 0 Å². The Bertz CT molecular complexity index is 1430. The number of anilines is 1. The fourth-order valence-electron chi connectivity index (χ4n) is 3.82. The third-order valence-corrected chi connectivity index (χ3v) is 6.06. The van der Waals surface area contributed by atoms with Crippen LogP contribution >= 0.6 is 0 Å². The molecule has 2 heterocycles. The quantitative estimate of drug-likeness (QED) is 0.249. The van der Waals surface area contributed by atoms with Crippen LogP contribution in [0, 0.1) is 5.82 Å². The molecule has 0 atom stereocenters. The highest BCUT2D eigenvalue weighted by Gasteiger charge is 2.32. The predicted octanol–water partition coefficient (Wildman–Crippen LogP) is 6.91. The molecule has 0 aliphatic carbocycles. The summed E-state index contributed by atoms with van der Waals surface area (Å²) >= 11 is 0. The molecular formula is C32H39FN4O4. The number of aromatic nitrogens is 1. The van der Waals surface area contributed by atoms with Gasteiger partial charge in [-0.1, -0.05) is 32.1 Å².